The molecule has 0 saturated heterocycles. The first kappa shape index (κ1) is 12.9. The Morgan fingerprint density at radius 1 is 1.50 bits per heavy atom. The topological polar surface area (TPSA) is 49.3 Å². The van der Waals surface area contributed by atoms with E-state index in [0.29, 0.717) is 6.29 Å². The van der Waals surface area contributed by atoms with Crippen LogP contribution in [0.1, 0.15) is 10.4 Å². The predicted octanol–water partition coefficient (Wildman–Crippen LogP) is 1.79. The van der Waals surface area contributed by atoms with Crippen LogP contribution in [0, 0.1) is 11.6 Å². The Balaban J connectivity index is 2.92. The number of benzene rings is 1. The van der Waals surface area contributed by atoms with Crippen molar-refractivity contribution in [1.29, 1.82) is 0 Å². The van der Waals surface area contributed by atoms with Crippen LogP contribution >= 0.6 is 11.6 Å². The lowest BCUT2D eigenvalue weighted by atomic mass is 10.1. The number of carbonyl (C=O) groups is 1. The summed E-state index contributed by atoms with van der Waals surface area (Å²) in [5, 5.41) is 11.6. The Hall–Kier alpha value is -1.20. The number of aldehydes is 1. The minimum atomic E-state index is -1.15. The van der Waals surface area contributed by atoms with Gasteiger partial charge in [-0.15, -0.1) is 11.6 Å². The van der Waals surface area contributed by atoms with E-state index in [0.717, 1.165) is 12.1 Å². The van der Waals surface area contributed by atoms with E-state index in [4.69, 9.17) is 16.7 Å². The molecule has 0 heterocycles. The van der Waals surface area contributed by atoms with Gasteiger partial charge in [0, 0.05) is 12.1 Å². The molecule has 16 heavy (non-hydrogen) atoms. The smallest absolute Gasteiger partial charge is 0.182 e. The first-order chi connectivity index (χ1) is 7.60. The van der Waals surface area contributed by atoms with Crippen LogP contribution in [0.3, 0.4) is 0 Å². The van der Waals surface area contributed by atoms with E-state index < -0.39 is 17.7 Å². The molecule has 3 nitrogen and oxygen atoms in total. The largest absolute Gasteiger partial charge is 0.390 e. The van der Waals surface area contributed by atoms with E-state index in [1.807, 2.05) is 0 Å². The van der Waals surface area contributed by atoms with Crippen molar-refractivity contribution in [2.24, 2.45) is 0 Å². The molecule has 0 fully saturated rings. The maximum Gasteiger partial charge on any atom is 0.182 e. The zero-order valence-electron chi connectivity index (χ0n) is 8.21. The van der Waals surface area contributed by atoms with Gasteiger partial charge in [-0.3, -0.25) is 4.79 Å². The highest BCUT2D eigenvalue weighted by Crippen LogP contribution is 2.21. The molecular formula is C10H10ClF2NO2. The zero-order valence-corrected chi connectivity index (χ0v) is 8.97. The fourth-order valence-corrected chi connectivity index (χ4v) is 1.23. The SMILES string of the molecule is O=Cc1ccc(F)c(F)c1NCC(O)CCl. The fraction of sp³-hybridized carbons (Fsp3) is 0.300. The van der Waals surface area contributed by atoms with Crippen LogP contribution in [0.2, 0.25) is 0 Å². The number of nitrogens with one attached hydrogen (secondary N) is 1. The molecule has 1 aromatic carbocycles. The lowest BCUT2D eigenvalue weighted by molar-refractivity contribution is 0.112. The Morgan fingerprint density at radius 2 is 2.19 bits per heavy atom. The van der Waals surface area contributed by atoms with Crippen LogP contribution in [-0.4, -0.2) is 29.9 Å². The molecule has 0 radical (unpaired) electrons. The molecule has 0 aliphatic rings. The van der Waals surface area contributed by atoms with Crippen molar-refractivity contribution in [3.8, 4) is 0 Å². The molecule has 6 heteroatoms. The second kappa shape index (κ2) is 5.77. The number of halogens is 3. The van der Waals surface area contributed by atoms with E-state index >= 15 is 0 Å². The minimum Gasteiger partial charge on any atom is -0.390 e. The van der Waals surface area contributed by atoms with Crippen molar-refractivity contribution in [1.82, 2.24) is 0 Å². The van der Waals surface area contributed by atoms with Gasteiger partial charge in [0.1, 0.15) is 0 Å². The van der Waals surface area contributed by atoms with Crippen molar-refractivity contribution in [2.75, 3.05) is 17.7 Å². The first-order valence-electron chi connectivity index (χ1n) is 4.51. The number of anilines is 1. The lowest BCUT2D eigenvalue weighted by Gasteiger charge is -2.12. The van der Waals surface area contributed by atoms with Gasteiger partial charge in [0.2, 0.25) is 0 Å². The third-order valence-corrected chi connectivity index (χ3v) is 2.30. The van der Waals surface area contributed by atoms with Gasteiger partial charge in [-0.25, -0.2) is 8.78 Å². The van der Waals surface area contributed by atoms with Gasteiger partial charge >= 0.3 is 0 Å². The third-order valence-electron chi connectivity index (χ3n) is 1.95. The van der Waals surface area contributed by atoms with Crippen LogP contribution in [0.5, 0.6) is 0 Å². The Morgan fingerprint density at radius 3 is 2.75 bits per heavy atom. The molecule has 0 aromatic heterocycles. The van der Waals surface area contributed by atoms with E-state index in [1.165, 1.54) is 0 Å². The molecule has 1 aromatic rings. The van der Waals surface area contributed by atoms with Gasteiger partial charge in [0.25, 0.3) is 0 Å². The van der Waals surface area contributed by atoms with Gasteiger partial charge < -0.3 is 10.4 Å². The van der Waals surface area contributed by atoms with E-state index in [9.17, 15) is 13.6 Å². The molecule has 2 N–H and O–H groups in total. The van der Waals surface area contributed by atoms with Crippen molar-refractivity contribution in [3.63, 3.8) is 0 Å². The zero-order chi connectivity index (χ0) is 12.1. The van der Waals surface area contributed by atoms with Crippen molar-refractivity contribution < 1.29 is 18.7 Å². The molecule has 1 rings (SSSR count). The number of carbonyl (C=O) groups excluding carboxylic acids is 1. The van der Waals surface area contributed by atoms with Crippen LogP contribution in [0.25, 0.3) is 0 Å². The first-order valence-corrected chi connectivity index (χ1v) is 5.04. The average Bonchev–Trinajstić information content (AvgIpc) is 2.30. The Kier molecular flexibility index (Phi) is 4.64. The summed E-state index contributed by atoms with van der Waals surface area (Å²) in [6.45, 7) is -0.0648. The number of aliphatic hydroxyl groups is 1. The number of hydrogen-bond donors (Lipinski definition) is 2. The normalized spacial score (nSPS) is 12.2. The maximum atomic E-state index is 13.3. The summed E-state index contributed by atoms with van der Waals surface area (Å²) in [6.07, 6.45) is -0.499. The van der Waals surface area contributed by atoms with E-state index in [-0.39, 0.29) is 23.7 Å². The molecule has 0 amide bonds. The summed E-state index contributed by atoms with van der Waals surface area (Å²) in [4.78, 5) is 10.6. The van der Waals surface area contributed by atoms with Crippen LogP contribution in [-0.2, 0) is 0 Å². The molecule has 1 atom stereocenters. The highest BCUT2D eigenvalue weighted by molar-refractivity contribution is 6.18. The lowest BCUT2D eigenvalue weighted by Crippen LogP contribution is -2.22. The number of rotatable bonds is 5. The minimum absolute atomic E-state index is 0.0133. The van der Waals surface area contributed by atoms with Crippen molar-refractivity contribution >= 4 is 23.6 Å². The van der Waals surface area contributed by atoms with Crippen LogP contribution < -0.4 is 5.32 Å². The second-order valence-corrected chi connectivity index (χ2v) is 3.44. The fourth-order valence-electron chi connectivity index (χ4n) is 1.12. The van der Waals surface area contributed by atoms with E-state index in [1.54, 1.807) is 0 Å². The average molecular weight is 250 g/mol. The highest BCUT2D eigenvalue weighted by Gasteiger charge is 2.13. The van der Waals surface area contributed by atoms with Gasteiger partial charge in [-0.1, -0.05) is 0 Å². The molecule has 88 valence electrons. The number of hydrogen-bond acceptors (Lipinski definition) is 3. The monoisotopic (exact) mass is 249 g/mol. The summed E-state index contributed by atoms with van der Waals surface area (Å²) in [5.41, 5.74) is -0.278. The highest BCUT2D eigenvalue weighted by atomic mass is 35.5. The van der Waals surface area contributed by atoms with E-state index in [2.05, 4.69) is 5.32 Å². The summed E-state index contributed by atoms with van der Waals surface area (Å²) < 4.78 is 26.2. The second-order valence-electron chi connectivity index (χ2n) is 3.13. The summed E-state index contributed by atoms with van der Waals surface area (Å²) >= 11 is 5.34. The van der Waals surface area contributed by atoms with Gasteiger partial charge in [0.15, 0.2) is 17.9 Å². The van der Waals surface area contributed by atoms with Crippen LogP contribution in [0.15, 0.2) is 12.1 Å². The molecule has 1 unspecified atom stereocenters. The standard InChI is InChI=1S/C10H10ClF2NO2/c11-3-7(16)4-14-10-6(5-15)1-2-8(12)9(10)13/h1-2,5,7,14,16H,3-4H2. The van der Waals surface area contributed by atoms with Crippen LogP contribution in [0.4, 0.5) is 14.5 Å². The van der Waals surface area contributed by atoms with Crippen molar-refractivity contribution in [2.45, 2.75) is 6.10 Å². The predicted molar refractivity (Wildman–Crippen MR) is 57.0 cm³/mol. The summed E-state index contributed by atoms with van der Waals surface area (Å²) in [5.74, 6) is -2.25. The summed E-state index contributed by atoms with van der Waals surface area (Å²) in [6, 6.07) is 2.02. The Labute approximate surface area is 96.0 Å². The number of aliphatic hydroxyl groups excluding tert-OH is 1. The molecule has 0 aliphatic carbocycles. The van der Waals surface area contributed by atoms with Crippen molar-refractivity contribution in [3.05, 3.63) is 29.3 Å². The third kappa shape index (κ3) is 2.90. The Bertz CT molecular complexity index is 387. The molecular weight excluding hydrogens is 240 g/mol. The molecule has 0 aliphatic heterocycles. The number of alkyl halides is 1. The van der Waals surface area contributed by atoms with Gasteiger partial charge in [-0.2, -0.15) is 0 Å². The molecule has 0 bridgehead atoms. The van der Waals surface area contributed by atoms with Gasteiger partial charge in [-0.05, 0) is 12.1 Å². The quantitative estimate of drug-likeness (QED) is 0.618. The maximum absolute atomic E-state index is 13.3. The van der Waals surface area contributed by atoms with Gasteiger partial charge in [0.05, 0.1) is 17.7 Å². The molecule has 0 saturated carbocycles. The molecule has 0 spiro atoms. The summed E-state index contributed by atoms with van der Waals surface area (Å²) in [7, 11) is 0.